The number of rotatable bonds is 8. The van der Waals surface area contributed by atoms with Gasteiger partial charge in [0.2, 0.25) is 0 Å². The van der Waals surface area contributed by atoms with Crippen molar-refractivity contribution in [3.8, 4) is 0 Å². The average Bonchev–Trinajstić information content (AvgIpc) is 3.05. The first-order valence-electron chi connectivity index (χ1n) is 12.6. The zero-order valence-electron chi connectivity index (χ0n) is 20.4. The molecule has 0 aromatic rings. The summed E-state index contributed by atoms with van der Waals surface area (Å²) in [6, 6.07) is 0. The van der Waals surface area contributed by atoms with Gasteiger partial charge in [-0.3, -0.25) is 0 Å². The molecule has 3 fully saturated rings. The van der Waals surface area contributed by atoms with Crippen LogP contribution >= 0.6 is 15.9 Å². The van der Waals surface area contributed by atoms with E-state index in [0.717, 1.165) is 49.9 Å². The number of ether oxygens (including phenoxy) is 1. The lowest BCUT2D eigenvalue weighted by molar-refractivity contribution is 0.0596. The highest BCUT2D eigenvalue weighted by Gasteiger charge is 2.50. The Morgan fingerprint density at radius 1 is 1.26 bits per heavy atom. The van der Waals surface area contributed by atoms with Crippen molar-refractivity contribution in [3.63, 3.8) is 0 Å². The molecule has 5 unspecified atom stereocenters. The van der Waals surface area contributed by atoms with E-state index in [-0.39, 0.29) is 0 Å². The van der Waals surface area contributed by atoms with Crippen molar-refractivity contribution in [3.05, 3.63) is 35.5 Å². The number of fused-ring (bicyclic) bond motifs is 1. The van der Waals surface area contributed by atoms with Crippen LogP contribution in [0.4, 0.5) is 0 Å². The quantitative estimate of drug-likeness (QED) is 0.346. The first-order valence-corrected chi connectivity index (χ1v) is 13.7. The standard InChI is InChI=1S/C28H45BrO2/c1-20-10-13-24(31-19-29)18-23(20)12-11-22-9-7-17-28(5)25(14-15-26(22)28)21(2)8-6-16-27(3,4)30/h11-12,21,24-26,30H,1,6-10,13-19H2,2-5H3. The maximum absolute atomic E-state index is 10.1. The van der Waals surface area contributed by atoms with E-state index in [1.807, 2.05) is 13.8 Å². The van der Waals surface area contributed by atoms with Gasteiger partial charge < -0.3 is 9.84 Å². The highest BCUT2D eigenvalue weighted by atomic mass is 79.9. The third kappa shape index (κ3) is 6.36. The smallest absolute Gasteiger partial charge is 0.102 e. The molecule has 0 aromatic carbocycles. The van der Waals surface area contributed by atoms with Gasteiger partial charge in [-0.2, -0.15) is 0 Å². The second-order valence-corrected chi connectivity index (χ2v) is 11.9. The molecule has 3 heteroatoms. The summed E-state index contributed by atoms with van der Waals surface area (Å²) in [6.07, 6.45) is 18.3. The molecule has 5 atom stereocenters. The molecule has 0 saturated heterocycles. The summed E-state index contributed by atoms with van der Waals surface area (Å²) in [6.45, 7) is 13.3. The second-order valence-electron chi connectivity index (χ2n) is 11.5. The van der Waals surface area contributed by atoms with Gasteiger partial charge in [-0.05, 0) is 100 Å². The highest BCUT2D eigenvalue weighted by Crippen LogP contribution is 2.60. The minimum absolute atomic E-state index is 0.326. The van der Waals surface area contributed by atoms with Gasteiger partial charge >= 0.3 is 0 Å². The van der Waals surface area contributed by atoms with Crippen molar-refractivity contribution in [1.82, 2.24) is 0 Å². The molecule has 0 heterocycles. The SMILES string of the molecule is C=C1CCC(OCBr)CC1=CC=C1CCCC2(C)C1CCC2C(C)CCCC(C)(C)O. The van der Waals surface area contributed by atoms with Gasteiger partial charge in [0.05, 0.1) is 11.7 Å². The molecule has 0 amide bonds. The molecular formula is C28H45BrO2. The summed E-state index contributed by atoms with van der Waals surface area (Å²) in [7, 11) is 0. The summed E-state index contributed by atoms with van der Waals surface area (Å²) >= 11 is 3.41. The lowest BCUT2D eigenvalue weighted by Crippen LogP contribution is -2.36. The zero-order chi connectivity index (χ0) is 22.6. The Kier molecular flexibility index (Phi) is 8.71. The van der Waals surface area contributed by atoms with Crippen LogP contribution in [0.15, 0.2) is 35.5 Å². The van der Waals surface area contributed by atoms with E-state index in [1.165, 1.54) is 49.7 Å². The summed E-state index contributed by atoms with van der Waals surface area (Å²) in [5.41, 5.74) is 4.92. The second kappa shape index (κ2) is 10.7. The van der Waals surface area contributed by atoms with Crippen molar-refractivity contribution in [1.29, 1.82) is 0 Å². The van der Waals surface area contributed by atoms with Crippen LogP contribution < -0.4 is 0 Å². The third-order valence-electron chi connectivity index (χ3n) is 8.64. The van der Waals surface area contributed by atoms with E-state index in [1.54, 1.807) is 5.57 Å². The van der Waals surface area contributed by atoms with Gasteiger partial charge in [0.25, 0.3) is 0 Å². The Labute approximate surface area is 199 Å². The van der Waals surface area contributed by atoms with Crippen LogP contribution in [0.2, 0.25) is 0 Å². The lowest BCUT2D eigenvalue weighted by Gasteiger charge is -2.44. The van der Waals surface area contributed by atoms with Gasteiger partial charge in [0.1, 0.15) is 5.52 Å². The van der Waals surface area contributed by atoms with Crippen LogP contribution in [0.5, 0.6) is 0 Å². The van der Waals surface area contributed by atoms with Crippen LogP contribution in [0.25, 0.3) is 0 Å². The molecular weight excluding hydrogens is 448 g/mol. The Morgan fingerprint density at radius 2 is 2.03 bits per heavy atom. The zero-order valence-corrected chi connectivity index (χ0v) is 22.0. The molecule has 176 valence electrons. The van der Waals surface area contributed by atoms with E-state index >= 15 is 0 Å². The van der Waals surface area contributed by atoms with Gasteiger partial charge in [-0.15, -0.1) is 0 Å². The van der Waals surface area contributed by atoms with E-state index in [2.05, 4.69) is 48.5 Å². The van der Waals surface area contributed by atoms with Crippen molar-refractivity contribution >= 4 is 15.9 Å². The fourth-order valence-corrected chi connectivity index (χ4v) is 7.26. The van der Waals surface area contributed by atoms with Crippen LogP contribution in [0.1, 0.15) is 98.3 Å². The van der Waals surface area contributed by atoms with Crippen molar-refractivity contribution < 1.29 is 9.84 Å². The molecule has 0 radical (unpaired) electrons. The van der Waals surface area contributed by atoms with Crippen LogP contribution in [0.3, 0.4) is 0 Å². The third-order valence-corrected chi connectivity index (χ3v) is 8.90. The van der Waals surface area contributed by atoms with Gasteiger partial charge in [-0.25, -0.2) is 0 Å². The Hall–Kier alpha value is -0.380. The average molecular weight is 494 g/mol. The van der Waals surface area contributed by atoms with E-state index in [0.29, 0.717) is 17.0 Å². The maximum atomic E-state index is 10.1. The predicted molar refractivity (Wildman–Crippen MR) is 135 cm³/mol. The summed E-state index contributed by atoms with van der Waals surface area (Å²) < 4.78 is 5.83. The monoisotopic (exact) mass is 492 g/mol. The Balaban J connectivity index is 1.68. The molecule has 0 bridgehead atoms. The van der Waals surface area contributed by atoms with Gasteiger partial charge in [0.15, 0.2) is 0 Å². The molecule has 2 nitrogen and oxygen atoms in total. The largest absolute Gasteiger partial charge is 0.390 e. The Bertz CT molecular complexity index is 686. The van der Waals surface area contributed by atoms with Gasteiger partial charge in [0, 0.05) is 0 Å². The Morgan fingerprint density at radius 3 is 2.74 bits per heavy atom. The summed E-state index contributed by atoms with van der Waals surface area (Å²) in [5, 5.41) is 10.1. The number of hydrogen-bond acceptors (Lipinski definition) is 2. The molecule has 3 rings (SSSR count). The maximum Gasteiger partial charge on any atom is 0.102 e. The van der Waals surface area contributed by atoms with Crippen molar-refractivity contribution in [2.24, 2.45) is 23.2 Å². The van der Waals surface area contributed by atoms with E-state index in [4.69, 9.17) is 4.74 Å². The normalized spacial score (nSPS) is 35.5. The number of aliphatic hydroxyl groups is 1. The minimum atomic E-state index is -0.530. The number of allylic oxidation sites excluding steroid dienone is 4. The van der Waals surface area contributed by atoms with Crippen LogP contribution in [-0.4, -0.2) is 22.3 Å². The topological polar surface area (TPSA) is 29.5 Å². The molecule has 0 aliphatic heterocycles. The summed E-state index contributed by atoms with van der Waals surface area (Å²) in [5.74, 6) is 2.30. The van der Waals surface area contributed by atoms with Crippen LogP contribution in [0, 0.1) is 23.2 Å². The fourth-order valence-electron chi connectivity index (χ4n) is 6.88. The van der Waals surface area contributed by atoms with Crippen molar-refractivity contribution in [2.45, 2.75) is 110 Å². The molecule has 3 aliphatic carbocycles. The van der Waals surface area contributed by atoms with Crippen LogP contribution in [-0.2, 0) is 4.74 Å². The van der Waals surface area contributed by atoms with E-state index in [9.17, 15) is 5.11 Å². The molecule has 3 saturated carbocycles. The number of alkyl halides is 1. The molecule has 31 heavy (non-hydrogen) atoms. The number of hydrogen-bond donors (Lipinski definition) is 1. The fraction of sp³-hybridized carbons (Fsp3) is 0.786. The summed E-state index contributed by atoms with van der Waals surface area (Å²) in [4.78, 5) is 0. The van der Waals surface area contributed by atoms with Crippen molar-refractivity contribution in [2.75, 3.05) is 5.52 Å². The minimum Gasteiger partial charge on any atom is -0.390 e. The molecule has 0 aromatic heterocycles. The highest BCUT2D eigenvalue weighted by molar-refractivity contribution is 9.09. The first-order chi connectivity index (χ1) is 14.6. The predicted octanol–water partition coefficient (Wildman–Crippen LogP) is 8.11. The van der Waals surface area contributed by atoms with Gasteiger partial charge in [-0.1, -0.05) is 72.5 Å². The molecule has 3 aliphatic rings. The molecule has 1 N–H and O–H groups in total. The number of halogens is 1. The molecule has 0 spiro atoms. The lowest BCUT2D eigenvalue weighted by atomic mass is 9.60. The first kappa shape index (κ1) is 25.2. The van der Waals surface area contributed by atoms with E-state index < -0.39 is 5.60 Å².